The van der Waals surface area contributed by atoms with Gasteiger partial charge >= 0.3 is 5.97 Å². The predicted molar refractivity (Wildman–Crippen MR) is 78.9 cm³/mol. The maximum absolute atomic E-state index is 11.8. The molecule has 2 rings (SSSR count). The highest BCUT2D eigenvalue weighted by atomic mass is 32.1. The number of nitrogens with one attached hydrogen (secondary N) is 1. The zero-order valence-electron chi connectivity index (χ0n) is 11.6. The van der Waals surface area contributed by atoms with E-state index < -0.39 is 5.97 Å². The van der Waals surface area contributed by atoms with E-state index in [1.807, 2.05) is 6.07 Å². The lowest BCUT2D eigenvalue weighted by molar-refractivity contribution is 0.0603. The fraction of sp³-hybridized carbons (Fsp3) is 0.538. The van der Waals surface area contributed by atoms with Crippen LogP contribution in [-0.2, 0) is 4.74 Å². The van der Waals surface area contributed by atoms with Gasteiger partial charge in [0.25, 0.3) is 0 Å². The molecule has 0 spiro atoms. The van der Waals surface area contributed by atoms with Crippen molar-refractivity contribution in [3.63, 3.8) is 0 Å². The molecule has 1 saturated heterocycles. The van der Waals surface area contributed by atoms with Crippen LogP contribution in [0.4, 0.5) is 10.7 Å². The molecule has 0 radical (unpaired) electrons. The maximum Gasteiger partial charge on any atom is 0.343 e. The predicted octanol–water partition coefficient (Wildman–Crippen LogP) is 1.49. The summed E-state index contributed by atoms with van der Waals surface area (Å²) in [4.78, 5) is 14.4. The van der Waals surface area contributed by atoms with E-state index in [2.05, 4.69) is 17.3 Å². The molecular weight excluding hydrogens is 276 g/mol. The van der Waals surface area contributed by atoms with Crippen LogP contribution >= 0.6 is 11.3 Å². The van der Waals surface area contributed by atoms with Crippen LogP contribution in [0, 0.1) is 11.3 Å². The van der Waals surface area contributed by atoms with Crippen molar-refractivity contribution in [3.05, 3.63) is 10.4 Å². The fourth-order valence-electron chi connectivity index (χ4n) is 2.27. The second kappa shape index (κ2) is 6.11. The van der Waals surface area contributed by atoms with E-state index in [9.17, 15) is 4.79 Å². The van der Waals surface area contributed by atoms with Crippen molar-refractivity contribution in [1.29, 1.82) is 5.26 Å². The number of nitrogens with two attached hydrogens (primary N) is 1. The molecule has 0 atom stereocenters. The molecule has 7 heteroatoms. The first-order chi connectivity index (χ1) is 9.56. The first-order valence-corrected chi connectivity index (χ1v) is 7.24. The standard InChI is InChI=1S/C13H18N4O2S/c1-17-5-3-8(4-6-17)16-12-10(13(18)19-2)11(15)9(7-14)20-12/h8,16H,3-6,15H2,1-2H3. The fourth-order valence-corrected chi connectivity index (χ4v) is 3.25. The number of thiophene rings is 1. The summed E-state index contributed by atoms with van der Waals surface area (Å²) in [5, 5.41) is 13.0. The minimum atomic E-state index is -0.504. The van der Waals surface area contributed by atoms with Gasteiger partial charge in [-0.2, -0.15) is 5.26 Å². The lowest BCUT2D eigenvalue weighted by atomic mass is 10.1. The van der Waals surface area contributed by atoms with Gasteiger partial charge in [-0.25, -0.2) is 4.79 Å². The van der Waals surface area contributed by atoms with E-state index in [0.717, 1.165) is 25.9 Å². The van der Waals surface area contributed by atoms with Crippen molar-refractivity contribution < 1.29 is 9.53 Å². The van der Waals surface area contributed by atoms with E-state index in [1.165, 1.54) is 18.4 Å². The molecular formula is C13H18N4O2S. The molecule has 1 fully saturated rings. The van der Waals surface area contributed by atoms with Crippen LogP contribution in [0.1, 0.15) is 28.1 Å². The summed E-state index contributed by atoms with van der Waals surface area (Å²) in [6.45, 7) is 2.02. The minimum absolute atomic E-state index is 0.208. The van der Waals surface area contributed by atoms with Crippen LogP contribution in [-0.4, -0.2) is 44.2 Å². The van der Waals surface area contributed by atoms with Gasteiger partial charge in [-0.15, -0.1) is 11.3 Å². The summed E-state index contributed by atoms with van der Waals surface area (Å²) in [6.07, 6.45) is 1.99. The normalized spacial score (nSPS) is 16.6. The van der Waals surface area contributed by atoms with Gasteiger partial charge in [0.2, 0.25) is 0 Å². The van der Waals surface area contributed by atoms with Crippen LogP contribution in [0.3, 0.4) is 0 Å². The Morgan fingerprint density at radius 2 is 2.20 bits per heavy atom. The summed E-state index contributed by atoms with van der Waals surface area (Å²) in [7, 11) is 3.40. The third-order valence-electron chi connectivity index (χ3n) is 3.49. The minimum Gasteiger partial charge on any atom is -0.465 e. The smallest absolute Gasteiger partial charge is 0.343 e. The number of nitrogen functional groups attached to an aromatic ring is 1. The molecule has 1 aliphatic heterocycles. The van der Waals surface area contributed by atoms with Gasteiger partial charge in [-0.1, -0.05) is 0 Å². The average molecular weight is 294 g/mol. The number of methoxy groups -OCH3 is 1. The number of hydrogen-bond donors (Lipinski definition) is 2. The Bertz CT molecular complexity index is 541. The number of nitrogens with zero attached hydrogens (tertiary/aromatic N) is 2. The van der Waals surface area contributed by atoms with Gasteiger partial charge in [0.15, 0.2) is 0 Å². The highest BCUT2D eigenvalue weighted by Crippen LogP contribution is 2.36. The summed E-state index contributed by atoms with van der Waals surface area (Å²) in [5.41, 5.74) is 6.35. The molecule has 0 aromatic carbocycles. The van der Waals surface area contributed by atoms with Crippen molar-refractivity contribution in [3.8, 4) is 6.07 Å². The van der Waals surface area contributed by atoms with E-state index in [0.29, 0.717) is 15.9 Å². The third kappa shape index (κ3) is 2.86. The first kappa shape index (κ1) is 14.6. The molecule has 0 bridgehead atoms. The molecule has 0 amide bonds. The Morgan fingerprint density at radius 1 is 1.55 bits per heavy atom. The molecule has 1 aromatic heterocycles. The molecule has 20 heavy (non-hydrogen) atoms. The largest absolute Gasteiger partial charge is 0.465 e. The number of hydrogen-bond acceptors (Lipinski definition) is 7. The van der Waals surface area contributed by atoms with Crippen LogP contribution in [0.15, 0.2) is 0 Å². The van der Waals surface area contributed by atoms with Crippen molar-refractivity contribution in [2.24, 2.45) is 0 Å². The molecule has 108 valence electrons. The number of rotatable bonds is 3. The first-order valence-electron chi connectivity index (χ1n) is 6.42. The molecule has 1 aromatic rings. The Kier molecular flexibility index (Phi) is 4.47. The van der Waals surface area contributed by atoms with Crippen LogP contribution in [0.5, 0.6) is 0 Å². The van der Waals surface area contributed by atoms with Crippen molar-refractivity contribution in [2.45, 2.75) is 18.9 Å². The Balaban J connectivity index is 2.22. The number of carbonyl (C=O) groups is 1. The quantitative estimate of drug-likeness (QED) is 0.821. The molecule has 0 unspecified atom stereocenters. The van der Waals surface area contributed by atoms with Gasteiger partial charge < -0.3 is 20.7 Å². The Labute approximate surface area is 122 Å². The van der Waals surface area contributed by atoms with Crippen LogP contribution < -0.4 is 11.1 Å². The second-order valence-electron chi connectivity index (χ2n) is 4.87. The third-order valence-corrected chi connectivity index (χ3v) is 4.53. The Hall–Kier alpha value is -1.78. The molecule has 1 aliphatic rings. The van der Waals surface area contributed by atoms with Gasteiger partial charge in [0, 0.05) is 6.04 Å². The van der Waals surface area contributed by atoms with Gasteiger partial charge in [-0.3, -0.25) is 0 Å². The van der Waals surface area contributed by atoms with Gasteiger partial charge in [-0.05, 0) is 33.0 Å². The summed E-state index contributed by atoms with van der Waals surface area (Å²) < 4.78 is 4.75. The number of anilines is 2. The number of nitriles is 1. The SMILES string of the molecule is COC(=O)c1c(NC2CCN(C)CC2)sc(C#N)c1N. The number of esters is 1. The van der Waals surface area contributed by atoms with Gasteiger partial charge in [0.1, 0.15) is 21.5 Å². The molecule has 0 saturated carbocycles. The molecule has 3 N–H and O–H groups in total. The highest BCUT2D eigenvalue weighted by molar-refractivity contribution is 7.17. The van der Waals surface area contributed by atoms with Crippen molar-refractivity contribution in [2.75, 3.05) is 38.3 Å². The number of likely N-dealkylation sites (tertiary alicyclic amines) is 1. The topological polar surface area (TPSA) is 91.4 Å². The van der Waals surface area contributed by atoms with Crippen LogP contribution in [0.2, 0.25) is 0 Å². The zero-order valence-corrected chi connectivity index (χ0v) is 12.4. The van der Waals surface area contributed by atoms with Crippen molar-refractivity contribution in [1.82, 2.24) is 4.90 Å². The van der Waals surface area contributed by atoms with E-state index >= 15 is 0 Å². The Morgan fingerprint density at radius 3 is 2.75 bits per heavy atom. The summed E-state index contributed by atoms with van der Waals surface area (Å²) in [5.74, 6) is -0.504. The lowest BCUT2D eigenvalue weighted by Gasteiger charge is -2.29. The van der Waals surface area contributed by atoms with E-state index in [4.69, 9.17) is 15.7 Å². The van der Waals surface area contributed by atoms with E-state index in [1.54, 1.807) is 0 Å². The number of piperidine rings is 1. The number of carbonyl (C=O) groups excluding carboxylic acids is 1. The van der Waals surface area contributed by atoms with Crippen molar-refractivity contribution >= 4 is 28.0 Å². The zero-order chi connectivity index (χ0) is 14.7. The molecule has 2 heterocycles. The summed E-state index contributed by atoms with van der Waals surface area (Å²) in [6, 6.07) is 2.31. The molecule has 6 nitrogen and oxygen atoms in total. The maximum atomic E-state index is 11.8. The van der Waals surface area contributed by atoms with Gasteiger partial charge in [0.05, 0.1) is 12.8 Å². The number of ether oxygens (including phenoxy) is 1. The monoisotopic (exact) mass is 294 g/mol. The van der Waals surface area contributed by atoms with E-state index in [-0.39, 0.29) is 11.3 Å². The van der Waals surface area contributed by atoms with Crippen LogP contribution in [0.25, 0.3) is 0 Å². The highest BCUT2D eigenvalue weighted by Gasteiger charge is 2.25. The lowest BCUT2D eigenvalue weighted by Crippen LogP contribution is -2.36. The second-order valence-corrected chi connectivity index (χ2v) is 5.89. The molecule has 0 aliphatic carbocycles. The average Bonchev–Trinajstić information content (AvgIpc) is 2.76. The summed E-state index contributed by atoms with van der Waals surface area (Å²) >= 11 is 1.21.